The van der Waals surface area contributed by atoms with Gasteiger partial charge in [-0.25, -0.2) is 0 Å². The number of nitrogens with two attached hydrogens (primary N) is 1. The predicted molar refractivity (Wildman–Crippen MR) is 82.7 cm³/mol. The Labute approximate surface area is 132 Å². The molecule has 0 unspecified atom stereocenters. The number of carbonyl (C=O) groups excluding carboxylic acids is 2. The molecule has 0 bridgehead atoms. The van der Waals surface area contributed by atoms with Crippen LogP contribution >= 0.6 is 15.9 Å². The Morgan fingerprint density at radius 3 is 2.38 bits per heavy atom. The van der Waals surface area contributed by atoms with E-state index in [0.717, 1.165) is 36.6 Å². The third kappa shape index (κ3) is 6.73. The van der Waals surface area contributed by atoms with Crippen LogP contribution in [0.5, 0.6) is 5.75 Å². The lowest BCUT2D eigenvalue weighted by Crippen LogP contribution is -2.09. The van der Waals surface area contributed by atoms with Gasteiger partial charge >= 0.3 is 5.97 Å². The third-order valence-corrected chi connectivity index (χ3v) is 3.67. The van der Waals surface area contributed by atoms with Crippen LogP contribution in [0.3, 0.4) is 0 Å². The van der Waals surface area contributed by atoms with Crippen molar-refractivity contribution in [1.29, 1.82) is 0 Å². The maximum absolute atomic E-state index is 12.0. The molecule has 1 aromatic carbocycles. The molecule has 0 heterocycles. The van der Waals surface area contributed by atoms with Crippen LogP contribution in [-0.4, -0.2) is 16.9 Å². The summed E-state index contributed by atoms with van der Waals surface area (Å²) in [6.07, 6.45) is 5.04. The predicted octanol–water partition coefficient (Wildman–Crippen LogP) is 3.49. The quantitative estimate of drug-likeness (QED) is 0.401. The Hall–Kier alpha value is -1.40. The minimum absolute atomic E-state index is 0.0171. The topological polar surface area (TPSA) is 89.6 Å². The fraction of sp³-hybridized carbons (Fsp3) is 0.467. The zero-order valence-corrected chi connectivity index (χ0v) is 13.4. The number of ketones is 1. The number of phenolic OH excluding ortho intramolecular Hbond substituents is 1. The molecule has 0 aromatic heterocycles. The van der Waals surface area contributed by atoms with Crippen LogP contribution in [0.25, 0.3) is 0 Å². The van der Waals surface area contributed by atoms with Gasteiger partial charge in [0.1, 0.15) is 5.75 Å². The molecule has 0 fully saturated rings. The summed E-state index contributed by atoms with van der Waals surface area (Å²) in [5.41, 5.74) is 0.357. The van der Waals surface area contributed by atoms with Gasteiger partial charge in [0, 0.05) is 17.3 Å². The lowest BCUT2D eigenvalue weighted by Gasteiger charge is -2.05. The number of carbonyl (C=O) groups is 2. The Bertz CT molecular complexity index is 491. The van der Waals surface area contributed by atoms with Gasteiger partial charge < -0.3 is 9.94 Å². The monoisotopic (exact) mass is 357 g/mol. The van der Waals surface area contributed by atoms with Crippen molar-refractivity contribution in [2.24, 2.45) is 5.90 Å². The second kappa shape index (κ2) is 9.52. The van der Waals surface area contributed by atoms with Crippen LogP contribution in [0.2, 0.25) is 0 Å². The number of rotatable bonds is 9. The van der Waals surface area contributed by atoms with Crippen molar-refractivity contribution < 1.29 is 19.5 Å². The fourth-order valence-electron chi connectivity index (χ4n) is 2.01. The van der Waals surface area contributed by atoms with Crippen LogP contribution in [0, 0.1) is 0 Å². The molecular weight excluding hydrogens is 338 g/mol. The van der Waals surface area contributed by atoms with Crippen molar-refractivity contribution in [3.63, 3.8) is 0 Å². The first kappa shape index (κ1) is 17.7. The van der Waals surface area contributed by atoms with Gasteiger partial charge in [0.25, 0.3) is 0 Å². The first-order valence-corrected chi connectivity index (χ1v) is 7.75. The molecule has 5 nitrogen and oxygen atoms in total. The zero-order chi connectivity index (χ0) is 15.7. The molecule has 0 saturated heterocycles. The van der Waals surface area contributed by atoms with Gasteiger partial charge in [-0.1, -0.05) is 35.2 Å². The normalized spacial score (nSPS) is 10.4. The molecule has 3 N–H and O–H groups in total. The van der Waals surface area contributed by atoms with Crippen LogP contribution in [-0.2, 0) is 9.63 Å². The third-order valence-electron chi connectivity index (χ3n) is 3.18. The maximum atomic E-state index is 12.0. The second-order valence-corrected chi connectivity index (χ2v) is 5.76. The van der Waals surface area contributed by atoms with Crippen molar-refractivity contribution in [2.45, 2.75) is 44.9 Å². The van der Waals surface area contributed by atoms with E-state index in [9.17, 15) is 14.7 Å². The molecule has 1 rings (SSSR count). The van der Waals surface area contributed by atoms with Gasteiger partial charge in [-0.15, -0.1) is 0 Å². The van der Waals surface area contributed by atoms with Crippen LogP contribution in [0.1, 0.15) is 55.3 Å². The van der Waals surface area contributed by atoms with E-state index in [-0.39, 0.29) is 11.5 Å². The summed E-state index contributed by atoms with van der Waals surface area (Å²) in [7, 11) is 0. The van der Waals surface area contributed by atoms with E-state index in [4.69, 9.17) is 5.90 Å². The number of unbranched alkanes of at least 4 members (excludes halogenated alkanes) is 4. The van der Waals surface area contributed by atoms with Gasteiger partial charge in [0.05, 0.1) is 5.56 Å². The first-order valence-electron chi connectivity index (χ1n) is 6.96. The van der Waals surface area contributed by atoms with E-state index >= 15 is 0 Å². The molecule has 0 radical (unpaired) electrons. The lowest BCUT2D eigenvalue weighted by molar-refractivity contribution is -0.144. The molecule has 0 aliphatic carbocycles. The number of Topliss-reactive ketones (excluding diaryl/α,β-unsaturated/α-hetero) is 1. The smallest absolute Gasteiger partial charge is 0.324 e. The number of halogens is 1. The average Bonchev–Trinajstić information content (AvgIpc) is 2.48. The summed E-state index contributed by atoms with van der Waals surface area (Å²) < 4.78 is 0.774. The number of hydrogen-bond donors (Lipinski definition) is 2. The zero-order valence-electron chi connectivity index (χ0n) is 11.8. The standard InChI is InChI=1S/C15H20BrNO4/c16-11-8-9-14(19)12(10-11)13(18)6-4-2-1-3-5-7-15(20)21-17/h8-10,19H,1-7,17H2. The Morgan fingerprint density at radius 1 is 1.10 bits per heavy atom. The van der Waals surface area contributed by atoms with Gasteiger partial charge in [-0.05, 0) is 31.0 Å². The fourth-order valence-corrected chi connectivity index (χ4v) is 2.37. The molecule has 0 spiro atoms. The highest BCUT2D eigenvalue weighted by Crippen LogP contribution is 2.24. The number of phenols is 1. The number of hydrogen-bond acceptors (Lipinski definition) is 5. The Morgan fingerprint density at radius 2 is 1.71 bits per heavy atom. The van der Waals surface area contributed by atoms with Gasteiger partial charge in [0.15, 0.2) is 5.78 Å². The minimum Gasteiger partial charge on any atom is -0.507 e. The summed E-state index contributed by atoms with van der Waals surface area (Å²) in [5.74, 6) is 4.30. The summed E-state index contributed by atoms with van der Waals surface area (Å²) in [5, 5.41) is 9.66. The highest BCUT2D eigenvalue weighted by Gasteiger charge is 2.11. The number of benzene rings is 1. The molecule has 0 amide bonds. The summed E-state index contributed by atoms with van der Waals surface area (Å²) in [6, 6.07) is 4.84. The summed E-state index contributed by atoms with van der Waals surface area (Å²) >= 11 is 3.28. The average molecular weight is 358 g/mol. The van der Waals surface area contributed by atoms with Crippen molar-refractivity contribution in [3.05, 3.63) is 28.2 Å². The second-order valence-electron chi connectivity index (χ2n) is 4.84. The number of aromatic hydroxyl groups is 1. The van der Waals surface area contributed by atoms with Crippen molar-refractivity contribution in [1.82, 2.24) is 0 Å². The first-order chi connectivity index (χ1) is 10.0. The van der Waals surface area contributed by atoms with E-state index in [1.54, 1.807) is 12.1 Å². The van der Waals surface area contributed by atoms with Crippen LogP contribution in [0.15, 0.2) is 22.7 Å². The molecule has 1 aromatic rings. The minimum atomic E-state index is -0.393. The van der Waals surface area contributed by atoms with E-state index in [1.807, 2.05) is 0 Å². The Balaban J connectivity index is 2.19. The molecule has 0 aliphatic rings. The van der Waals surface area contributed by atoms with E-state index in [1.165, 1.54) is 6.07 Å². The molecule has 116 valence electrons. The van der Waals surface area contributed by atoms with Crippen molar-refractivity contribution in [3.8, 4) is 5.75 Å². The summed E-state index contributed by atoms with van der Waals surface area (Å²) in [4.78, 5) is 26.8. The van der Waals surface area contributed by atoms with E-state index in [2.05, 4.69) is 20.8 Å². The lowest BCUT2D eigenvalue weighted by atomic mass is 10.0. The molecule has 21 heavy (non-hydrogen) atoms. The molecule has 0 atom stereocenters. The van der Waals surface area contributed by atoms with Crippen molar-refractivity contribution in [2.75, 3.05) is 0 Å². The van der Waals surface area contributed by atoms with E-state index < -0.39 is 5.97 Å². The largest absolute Gasteiger partial charge is 0.507 e. The maximum Gasteiger partial charge on any atom is 0.324 e. The summed E-state index contributed by atoms with van der Waals surface area (Å²) in [6.45, 7) is 0. The van der Waals surface area contributed by atoms with Crippen molar-refractivity contribution >= 4 is 27.7 Å². The van der Waals surface area contributed by atoms with Gasteiger partial charge in [0.2, 0.25) is 0 Å². The highest BCUT2D eigenvalue weighted by molar-refractivity contribution is 9.10. The molecule has 0 aliphatic heterocycles. The van der Waals surface area contributed by atoms with Crippen LogP contribution < -0.4 is 5.90 Å². The SMILES string of the molecule is NOC(=O)CCCCCCCC(=O)c1cc(Br)ccc1O. The van der Waals surface area contributed by atoms with Crippen LogP contribution in [0.4, 0.5) is 0 Å². The Kier molecular flexibility index (Phi) is 8.00. The van der Waals surface area contributed by atoms with Gasteiger partial charge in [-0.2, -0.15) is 5.90 Å². The van der Waals surface area contributed by atoms with Gasteiger partial charge in [-0.3, -0.25) is 9.59 Å². The highest BCUT2D eigenvalue weighted by atomic mass is 79.9. The molecule has 0 saturated carbocycles. The molecule has 6 heteroatoms. The van der Waals surface area contributed by atoms with E-state index in [0.29, 0.717) is 18.4 Å². The molecular formula is C15H20BrNO4.